The van der Waals surface area contributed by atoms with Gasteiger partial charge in [-0.25, -0.2) is 9.38 Å². The molecule has 8 heteroatoms. The lowest BCUT2D eigenvalue weighted by Gasteiger charge is -2.14. The number of hydrogen-bond donors (Lipinski definition) is 2. The molecule has 152 valence electrons. The number of aliphatic imine (C=N–C) groups is 1. The molecule has 0 aliphatic carbocycles. The number of guanidine groups is 1. The molecular weight excluding hydrogens is 367 g/mol. The summed E-state index contributed by atoms with van der Waals surface area (Å²) in [5.41, 5.74) is 0. The van der Waals surface area contributed by atoms with E-state index in [-0.39, 0.29) is 18.3 Å². The van der Waals surface area contributed by atoms with Crippen LogP contribution in [-0.4, -0.2) is 69.5 Å². The summed E-state index contributed by atoms with van der Waals surface area (Å²) in [7, 11) is 3.43. The van der Waals surface area contributed by atoms with E-state index in [0.717, 1.165) is 36.6 Å². The maximum atomic E-state index is 12.9. The van der Waals surface area contributed by atoms with Crippen LogP contribution in [0.15, 0.2) is 34.2 Å². The first-order valence-electron chi connectivity index (χ1n) is 9.21. The Morgan fingerprint density at radius 2 is 1.85 bits per heavy atom. The van der Waals surface area contributed by atoms with E-state index >= 15 is 0 Å². The van der Waals surface area contributed by atoms with Gasteiger partial charge in [0.2, 0.25) is 5.91 Å². The number of thioether (sulfide) groups is 1. The average molecular weight is 399 g/mol. The van der Waals surface area contributed by atoms with E-state index in [4.69, 9.17) is 4.74 Å². The van der Waals surface area contributed by atoms with E-state index in [1.54, 1.807) is 38.0 Å². The molecule has 2 N–H and O–H groups in total. The Kier molecular flexibility index (Phi) is 12.3. The Bertz CT molecular complexity index is 567. The van der Waals surface area contributed by atoms with Crippen LogP contribution in [0.25, 0.3) is 0 Å². The van der Waals surface area contributed by atoms with Crippen molar-refractivity contribution in [2.75, 3.05) is 52.7 Å². The number of carbonyl (C=O) groups is 1. The molecule has 0 aliphatic rings. The fourth-order valence-corrected chi connectivity index (χ4v) is 2.84. The Morgan fingerprint density at radius 1 is 1.19 bits per heavy atom. The fourth-order valence-electron chi connectivity index (χ4n) is 1.99. The van der Waals surface area contributed by atoms with Crippen LogP contribution in [0, 0.1) is 5.82 Å². The Morgan fingerprint density at radius 3 is 2.48 bits per heavy atom. The molecule has 0 fully saturated rings. The molecule has 0 unspecified atom stereocenters. The van der Waals surface area contributed by atoms with E-state index < -0.39 is 0 Å². The van der Waals surface area contributed by atoms with Crippen molar-refractivity contribution >= 4 is 23.6 Å². The minimum absolute atomic E-state index is 0.0442. The van der Waals surface area contributed by atoms with Crippen LogP contribution >= 0.6 is 11.8 Å². The van der Waals surface area contributed by atoms with Crippen molar-refractivity contribution in [2.45, 2.75) is 24.7 Å². The maximum Gasteiger partial charge on any atom is 0.243 e. The zero-order chi connectivity index (χ0) is 19.9. The number of ether oxygens (including phenoxy) is 1. The van der Waals surface area contributed by atoms with Gasteiger partial charge in [-0.3, -0.25) is 4.79 Å². The molecule has 0 saturated carbocycles. The van der Waals surface area contributed by atoms with Crippen molar-refractivity contribution in [3.63, 3.8) is 0 Å². The molecular formula is C19H31FN4O2S. The lowest BCUT2D eigenvalue weighted by atomic mass is 10.4. The summed E-state index contributed by atoms with van der Waals surface area (Å²) in [5.74, 6) is 1.28. The van der Waals surface area contributed by atoms with Crippen LogP contribution in [0.2, 0.25) is 0 Å². The molecule has 0 aromatic heterocycles. The van der Waals surface area contributed by atoms with E-state index in [2.05, 4.69) is 15.6 Å². The second-order valence-electron chi connectivity index (χ2n) is 6.01. The van der Waals surface area contributed by atoms with Gasteiger partial charge in [-0.2, -0.15) is 0 Å². The van der Waals surface area contributed by atoms with Gasteiger partial charge < -0.3 is 20.3 Å². The maximum absolute atomic E-state index is 12.9. The van der Waals surface area contributed by atoms with Crippen molar-refractivity contribution in [1.29, 1.82) is 0 Å². The Labute approximate surface area is 165 Å². The number of hydrogen-bond acceptors (Lipinski definition) is 4. The molecule has 0 aliphatic heterocycles. The van der Waals surface area contributed by atoms with Crippen LogP contribution in [0.1, 0.15) is 19.8 Å². The van der Waals surface area contributed by atoms with Crippen LogP contribution in [0.4, 0.5) is 4.39 Å². The van der Waals surface area contributed by atoms with Crippen molar-refractivity contribution in [1.82, 2.24) is 15.5 Å². The summed E-state index contributed by atoms with van der Waals surface area (Å²) >= 11 is 1.69. The molecule has 0 spiro atoms. The van der Waals surface area contributed by atoms with Gasteiger partial charge in [0.15, 0.2) is 5.96 Å². The second kappa shape index (κ2) is 14.3. The fraction of sp³-hybridized carbons (Fsp3) is 0.579. The smallest absolute Gasteiger partial charge is 0.243 e. The number of amides is 1. The lowest BCUT2D eigenvalue weighted by Crippen LogP contribution is -2.39. The van der Waals surface area contributed by atoms with Gasteiger partial charge in [0.25, 0.3) is 0 Å². The summed E-state index contributed by atoms with van der Waals surface area (Å²) in [6.07, 6.45) is 1.79. The molecule has 1 amide bonds. The summed E-state index contributed by atoms with van der Waals surface area (Å²) < 4.78 is 18.2. The van der Waals surface area contributed by atoms with Gasteiger partial charge in [-0.15, -0.1) is 11.8 Å². The summed E-state index contributed by atoms with van der Waals surface area (Å²) in [5, 5.41) is 6.48. The second-order valence-corrected chi connectivity index (χ2v) is 7.18. The SMILES string of the molecule is CCOCCCNC(=NCC(=O)N(C)C)NCCCSc1ccc(F)cc1. The van der Waals surface area contributed by atoms with Crippen molar-refractivity contribution in [3.05, 3.63) is 30.1 Å². The molecule has 1 rings (SSSR count). The van der Waals surface area contributed by atoms with Crippen LogP contribution in [0.3, 0.4) is 0 Å². The third-order valence-electron chi connectivity index (χ3n) is 3.53. The quantitative estimate of drug-likeness (QED) is 0.245. The topological polar surface area (TPSA) is 66.0 Å². The highest BCUT2D eigenvalue weighted by atomic mass is 32.2. The molecule has 6 nitrogen and oxygen atoms in total. The van der Waals surface area contributed by atoms with E-state index in [9.17, 15) is 9.18 Å². The molecule has 1 aromatic rings. The molecule has 0 atom stereocenters. The van der Waals surface area contributed by atoms with E-state index in [1.165, 1.54) is 17.0 Å². The number of carbonyl (C=O) groups excluding carboxylic acids is 1. The highest BCUT2D eigenvalue weighted by Gasteiger charge is 2.04. The molecule has 0 radical (unpaired) electrons. The highest BCUT2D eigenvalue weighted by molar-refractivity contribution is 7.99. The number of halogens is 1. The number of nitrogens with zero attached hydrogens (tertiary/aromatic N) is 2. The lowest BCUT2D eigenvalue weighted by molar-refractivity contribution is -0.127. The molecule has 0 saturated heterocycles. The number of rotatable bonds is 12. The number of likely N-dealkylation sites (N-methyl/N-ethyl adjacent to an activating group) is 1. The molecule has 27 heavy (non-hydrogen) atoms. The third-order valence-corrected chi connectivity index (χ3v) is 4.63. The zero-order valence-electron chi connectivity index (χ0n) is 16.5. The van der Waals surface area contributed by atoms with Crippen LogP contribution in [0.5, 0.6) is 0 Å². The highest BCUT2D eigenvalue weighted by Crippen LogP contribution is 2.18. The standard InChI is InChI=1S/C19H31FN4O2S/c1-4-26-13-5-11-21-19(23-15-18(25)24(2)3)22-12-6-14-27-17-9-7-16(20)8-10-17/h7-10H,4-6,11-15H2,1-3H3,(H2,21,22,23). The normalized spacial score (nSPS) is 11.3. The van der Waals surface area contributed by atoms with Crippen LogP contribution in [-0.2, 0) is 9.53 Å². The molecule has 0 heterocycles. The first-order chi connectivity index (χ1) is 13.0. The van der Waals surface area contributed by atoms with Gasteiger partial charge >= 0.3 is 0 Å². The minimum Gasteiger partial charge on any atom is -0.382 e. The Hall–Kier alpha value is -1.80. The van der Waals surface area contributed by atoms with Crippen molar-refractivity contribution in [3.8, 4) is 0 Å². The molecule has 1 aromatic carbocycles. The van der Waals surface area contributed by atoms with Crippen LogP contribution < -0.4 is 10.6 Å². The number of benzene rings is 1. The molecule has 0 bridgehead atoms. The van der Waals surface area contributed by atoms with Crippen molar-refractivity contribution in [2.24, 2.45) is 4.99 Å². The van der Waals surface area contributed by atoms with Gasteiger partial charge in [-0.05, 0) is 49.8 Å². The van der Waals surface area contributed by atoms with Gasteiger partial charge in [0, 0.05) is 45.3 Å². The monoisotopic (exact) mass is 398 g/mol. The zero-order valence-corrected chi connectivity index (χ0v) is 17.3. The first kappa shape index (κ1) is 23.2. The summed E-state index contributed by atoms with van der Waals surface area (Å²) in [4.78, 5) is 18.7. The van der Waals surface area contributed by atoms with E-state index in [0.29, 0.717) is 19.2 Å². The predicted octanol–water partition coefficient (Wildman–Crippen LogP) is 2.36. The summed E-state index contributed by atoms with van der Waals surface area (Å²) in [6, 6.07) is 6.51. The van der Waals surface area contributed by atoms with Crippen molar-refractivity contribution < 1.29 is 13.9 Å². The first-order valence-corrected chi connectivity index (χ1v) is 10.2. The van der Waals surface area contributed by atoms with Gasteiger partial charge in [0.1, 0.15) is 12.4 Å². The number of nitrogens with one attached hydrogen (secondary N) is 2. The largest absolute Gasteiger partial charge is 0.382 e. The van der Waals surface area contributed by atoms with E-state index in [1.807, 2.05) is 6.92 Å². The average Bonchev–Trinajstić information content (AvgIpc) is 2.66. The third kappa shape index (κ3) is 11.5. The van der Waals surface area contributed by atoms with Gasteiger partial charge in [-0.1, -0.05) is 0 Å². The summed E-state index contributed by atoms with van der Waals surface area (Å²) in [6.45, 7) is 4.95. The predicted molar refractivity (Wildman–Crippen MR) is 110 cm³/mol. The Balaban J connectivity index is 2.34. The van der Waals surface area contributed by atoms with Gasteiger partial charge in [0.05, 0.1) is 0 Å². The minimum atomic E-state index is -0.218.